The number of carbonyl (C=O) groups excluding carboxylic acids is 1. The number of Topliss-reactive ketones (excluding diaryl/α,β-unsaturated/α-hetero) is 1. The van der Waals surface area contributed by atoms with Crippen molar-refractivity contribution < 1.29 is 9.21 Å². The fraction of sp³-hybridized carbons (Fsp3) is 0.0556. The van der Waals surface area contributed by atoms with E-state index >= 15 is 0 Å². The zero-order valence-electron chi connectivity index (χ0n) is 12.4. The zero-order valence-corrected chi connectivity index (χ0v) is 12.4. The molecule has 0 amide bonds. The highest BCUT2D eigenvalue weighted by atomic mass is 16.3. The molecule has 1 heterocycles. The van der Waals surface area contributed by atoms with E-state index in [1.165, 1.54) is 13.1 Å². The molecule has 0 aliphatic rings. The van der Waals surface area contributed by atoms with E-state index in [1.54, 1.807) is 30.3 Å². The van der Waals surface area contributed by atoms with Gasteiger partial charge in [0.15, 0.2) is 11.4 Å². The molecule has 3 rings (SSSR count). The number of aromatic nitrogens is 1. The summed E-state index contributed by atoms with van der Waals surface area (Å²) in [5.41, 5.74) is 3.03. The number of nitriles is 1. The van der Waals surface area contributed by atoms with Gasteiger partial charge in [-0.15, -0.1) is 0 Å². The first kappa shape index (κ1) is 14.5. The highest BCUT2D eigenvalue weighted by Crippen LogP contribution is 2.20. The number of carbonyl (C=O) groups is 1. The topological polar surface area (TPSA) is 78.9 Å². The third-order valence-corrected chi connectivity index (χ3v) is 3.32. The predicted octanol–water partition coefficient (Wildman–Crippen LogP) is 4.01. The number of rotatable bonds is 4. The Morgan fingerprint density at radius 3 is 2.61 bits per heavy atom. The van der Waals surface area contributed by atoms with Gasteiger partial charge in [-0.3, -0.25) is 4.79 Å². The average Bonchev–Trinajstić information content (AvgIpc) is 2.99. The third-order valence-electron chi connectivity index (χ3n) is 3.32. The molecule has 0 saturated heterocycles. The van der Waals surface area contributed by atoms with Crippen molar-refractivity contribution in [1.29, 1.82) is 5.26 Å². The second-order valence-electron chi connectivity index (χ2n) is 4.93. The van der Waals surface area contributed by atoms with Crippen LogP contribution in [0.2, 0.25) is 0 Å². The van der Waals surface area contributed by atoms with Crippen LogP contribution in [-0.2, 0) is 0 Å². The quantitative estimate of drug-likeness (QED) is 0.582. The number of benzene rings is 2. The largest absolute Gasteiger partial charge is 0.435 e. The zero-order chi connectivity index (χ0) is 16.2. The maximum atomic E-state index is 11.2. The van der Waals surface area contributed by atoms with Gasteiger partial charge < -0.3 is 9.73 Å². The average molecular weight is 303 g/mol. The lowest BCUT2D eigenvalue weighted by atomic mass is 10.1. The summed E-state index contributed by atoms with van der Waals surface area (Å²) in [5, 5.41) is 12.3. The summed E-state index contributed by atoms with van der Waals surface area (Å²) in [4.78, 5) is 15.5. The van der Waals surface area contributed by atoms with Gasteiger partial charge in [0.2, 0.25) is 5.89 Å². The molecular formula is C18H13N3O2. The first-order valence-electron chi connectivity index (χ1n) is 7.01. The van der Waals surface area contributed by atoms with Gasteiger partial charge in [0.05, 0.1) is 0 Å². The van der Waals surface area contributed by atoms with Gasteiger partial charge in [0.25, 0.3) is 0 Å². The molecule has 0 unspecified atom stereocenters. The first-order chi connectivity index (χ1) is 11.2. The number of hydrogen-bond donors (Lipinski definition) is 1. The molecule has 0 saturated carbocycles. The lowest BCUT2D eigenvalue weighted by Crippen LogP contribution is -1.94. The molecule has 2 aromatic carbocycles. The molecule has 0 fully saturated rings. The number of hydrogen-bond acceptors (Lipinski definition) is 5. The number of nitrogens with one attached hydrogen (secondary N) is 1. The fourth-order valence-corrected chi connectivity index (χ4v) is 2.09. The van der Waals surface area contributed by atoms with Crippen molar-refractivity contribution >= 4 is 28.1 Å². The van der Waals surface area contributed by atoms with Crippen LogP contribution in [0.15, 0.2) is 59.1 Å². The molecule has 1 N–H and O–H groups in total. The minimum atomic E-state index is 0.0104. The summed E-state index contributed by atoms with van der Waals surface area (Å²) in [7, 11) is 0. The minimum absolute atomic E-state index is 0.0104. The molecule has 5 nitrogen and oxygen atoms in total. The molecule has 0 aliphatic carbocycles. The fourth-order valence-electron chi connectivity index (χ4n) is 2.09. The Bertz CT molecular complexity index is 898. The van der Waals surface area contributed by atoms with Crippen molar-refractivity contribution in [3.8, 4) is 6.07 Å². The molecule has 0 aliphatic heterocycles. The van der Waals surface area contributed by atoms with Crippen molar-refractivity contribution in [3.05, 3.63) is 66.2 Å². The summed E-state index contributed by atoms with van der Waals surface area (Å²) in [6.45, 7) is 1.52. The van der Waals surface area contributed by atoms with Crippen LogP contribution < -0.4 is 5.32 Å². The number of fused-ring (bicyclic) bond motifs is 1. The van der Waals surface area contributed by atoms with E-state index in [0.29, 0.717) is 16.7 Å². The van der Waals surface area contributed by atoms with Gasteiger partial charge in [0.1, 0.15) is 17.2 Å². The molecular weight excluding hydrogens is 290 g/mol. The lowest BCUT2D eigenvalue weighted by Gasteiger charge is -2.02. The van der Waals surface area contributed by atoms with Gasteiger partial charge in [0, 0.05) is 17.5 Å². The van der Waals surface area contributed by atoms with E-state index in [1.807, 2.05) is 18.2 Å². The molecule has 0 radical (unpaired) electrons. The highest BCUT2D eigenvalue weighted by Gasteiger charge is 2.10. The summed E-state index contributed by atoms with van der Waals surface area (Å²) >= 11 is 0. The Morgan fingerprint density at radius 1 is 1.22 bits per heavy atom. The van der Waals surface area contributed by atoms with Crippen LogP contribution in [0.5, 0.6) is 0 Å². The Balaban J connectivity index is 1.84. The van der Waals surface area contributed by atoms with Crippen LogP contribution in [0.25, 0.3) is 16.7 Å². The molecule has 0 spiro atoms. The summed E-state index contributed by atoms with van der Waals surface area (Å²) in [5.74, 6) is 0.276. The van der Waals surface area contributed by atoms with Crippen LogP contribution in [0.1, 0.15) is 23.2 Å². The van der Waals surface area contributed by atoms with Gasteiger partial charge >= 0.3 is 0 Å². The van der Waals surface area contributed by atoms with E-state index < -0.39 is 0 Å². The number of anilines is 1. The van der Waals surface area contributed by atoms with Crippen LogP contribution in [0.4, 0.5) is 5.69 Å². The van der Waals surface area contributed by atoms with Crippen molar-refractivity contribution in [2.24, 2.45) is 0 Å². The van der Waals surface area contributed by atoms with Crippen LogP contribution in [0.3, 0.4) is 0 Å². The van der Waals surface area contributed by atoms with Crippen LogP contribution in [0, 0.1) is 11.3 Å². The first-order valence-corrected chi connectivity index (χ1v) is 7.01. The van der Waals surface area contributed by atoms with Crippen LogP contribution >= 0.6 is 0 Å². The predicted molar refractivity (Wildman–Crippen MR) is 87.7 cm³/mol. The standard InChI is InChI=1S/C18H13N3O2/c1-12(22)13-6-8-15(9-7-13)20-11-14(10-19)18-21-16-4-2-3-5-17(16)23-18/h2-9,11,20H,1H3. The maximum Gasteiger partial charge on any atom is 0.239 e. The van der Waals surface area contributed by atoms with Gasteiger partial charge in [-0.25, -0.2) is 4.98 Å². The second kappa shape index (κ2) is 6.16. The van der Waals surface area contributed by atoms with E-state index in [2.05, 4.69) is 16.4 Å². The summed E-state index contributed by atoms with van der Waals surface area (Å²) in [6.07, 6.45) is 1.54. The Labute approximate surface area is 132 Å². The normalized spacial score (nSPS) is 11.2. The number of ketones is 1. The SMILES string of the molecule is CC(=O)c1ccc(NC=C(C#N)c2nc3ccccc3o2)cc1. The van der Waals surface area contributed by atoms with Crippen molar-refractivity contribution in [1.82, 2.24) is 4.98 Å². The second-order valence-corrected chi connectivity index (χ2v) is 4.93. The van der Waals surface area contributed by atoms with Crippen LogP contribution in [-0.4, -0.2) is 10.8 Å². The number of para-hydroxylation sites is 2. The lowest BCUT2D eigenvalue weighted by molar-refractivity contribution is 0.101. The van der Waals surface area contributed by atoms with E-state index in [9.17, 15) is 10.1 Å². The maximum absolute atomic E-state index is 11.2. The Kier molecular flexibility index (Phi) is 3.89. The van der Waals surface area contributed by atoms with E-state index in [4.69, 9.17) is 4.42 Å². The van der Waals surface area contributed by atoms with Gasteiger partial charge in [-0.05, 0) is 43.3 Å². The highest BCUT2D eigenvalue weighted by molar-refractivity contribution is 5.94. The molecule has 0 bridgehead atoms. The van der Waals surface area contributed by atoms with Crippen molar-refractivity contribution in [2.75, 3.05) is 5.32 Å². The molecule has 0 atom stereocenters. The summed E-state index contributed by atoms with van der Waals surface area (Å²) in [6, 6.07) is 16.4. The van der Waals surface area contributed by atoms with Crippen molar-refractivity contribution in [2.45, 2.75) is 6.92 Å². The monoisotopic (exact) mass is 303 g/mol. The summed E-state index contributed by atoms with van der Waals surface area (Å²) < 4.78 is 5.57. The van der Waals surface area contributed by atoms with Gasteiger partial charge in [-0.2, -0.15) is 5.26 Å². The molecule has 112 valence electrons. The third kappa shape index (κ3) is 3.11. The number of allylic oxidation sites excluding steroid dienone is 1. The number of oxazole rings is 1. The Morgan fingerprint density at radius 2 is 1.96 bits per heavy atom. The smallest absolute Gasteiger partial charge is 0.239 e. The van der Waals surface area contributed by atoms with E-state index in [-0.39, 0.29) is 17.2 Å². The van der Waals surface area contributed by atoms with E-state index in [0.717, 1.165) is 5.69 Å². The molecule has 3 aromatic rings. The van der Waals surface area contributed by atoms with Gasteiger partial charge in [-0.1, -0.05) is 12.1 Å². The number of nitrogens with zero attached hydrogens (tertiary/aromatic N) is 2. The molecule has 5 heteroatoms. The molecule has 23 heavy (non-hydrogen) atoms. The van der Waals surface area contributed by atoms with Crippen molar-refractivity contribution in [3.63, 3.8) is 0 Å². The molecule has 1 aromatic heterocycles. The minimum Gasteiger partial charge on any atom is -0.435 e. The Hall–Kier alpha value is -3.39.